The maximum absolute atomic E-state index is 14.0. The molecule has 0 radical (unpaired) electrons. The monoisotopic (exact) mass is 274 g/mol. The maximum Gasteiger partial charge on any atom is 0.141 e. The van der Waals surface area contributed by atoms with Gasteiger partial charge in [-0.2, -0.15) is 0 Å². The fourth-order valence-electron chi connectivity index (χ4n) is 2.04. The van der Waals surface area contributed by atoms with Crippen LogP contribution in [0.15, 0.2) is 30.3 Å². The van der Waals surface area contributed by atoms with Gasteiger partial charge in [-0.1, -0.05) is 25.1 Å². The summed E-state index contributed by atoms with van der Waals surface area (Å²) in [6, 6.07) is 8.95. The van der Waals surface area contributed by atoms with Crippen molar-refractivity contribution >= 4 is 0 Å². The third-order valence-corrected chi connectivity index (χ3v) is 3.17. The average Bonchev–Trinajstić information content (AvgIpc) is 2.47. The van der Waals surface area contributed by atoms with Crippen LogP contribution in [0.1, 0.15) is 29.4 Å². The van der Waals surface area contributed by atoms with Crippen LogP contribution >= 0.6 is 0 Å². The van der Waals surface area contributed by atoms with E-state index in [2.05, 4.69) is 4.98 Å². The van der Waals surface area contributed by atoms with Crippen LogP contribution in [0.25, 0.3) is 0 Å². The molecule has 1 heterocycles. The third kappa shape index (κ3) is 3.14. The number of nitrogens with two attached hydrogens (primary N) is 1. The van der Waals surface area contributed by atoms with Crippen molar-refractivity contribution in [3.63, 3.8) is 0 Å². The third-order valence-electron chi connectivity index (χ3n) is 3.17. The smallest absolute Gasteiger partial charge is 0.141 e. The van der Waals surface area contributed by atoms with Crippen LogP contribution in [-0.2, 0) is 19.6 Å². The van der Waals surface area contributed by atoms with E-state index < -0.39 is 0 Å². The predicted octanol–water partition coefficient (Wildman–Crippen LogP) is 3.13. The molecule has 4 heteroatoms. The van der Waals surface area contributed by atoms with E-state index in [0.29, 0.717) is 16.9 Å². The fourth-order valence-corrected chi connectivity index (χ4v) is 2.04. The SMILES string of the molecule is CCc1nc(C)ccc1OCc1cccc(CN)c1F. The molecule has 0 amide bonds. The van der Waals surface area contributed by atoms with Gasteiger partial charge in [0.1, 0.15) is 18.2 Å². The van der Waals surface area contributed by atoms with Crippen LogP contribution in [0.5, 0.6) is 5.75 Å². The summed E-state index contributed by atoms with van der Waals surface area (Å²) in [4.78, 5) is 4.42. The average molecular weight is 274 g/mol. The van der Waals surface area contributed by atoms with Crippen molar-refractivity contribution < 1.29 is 9.13 Å². The molecule has 0 saturated carbocycles. The predicted molar refractivity (Wildman–Crippen MR) is 77.0 cm³/mol. The zero-order valence-corrected chi connectivity index (χ0v) is 11.8. The highest BCUT2D eigenvalue weighted by Gasteiger charge is 2.09. The van der Waals surface area contributed by atoms with Gasteiger partial charge in [0.05, 0.1) is 5.69 Å². The summed E-state index contributed by atoms with van der Waals surface area (Å²) in [5.41, 5.74) is 8.35. The lowest BCUT2D eigenvalue weighted by Crippen LogP contribution is -2.06. The highest BCUT2D eigenvalue weighted by atomic mass is 19.1. The van der Waals surface area contributed by atoms with Crippen molar-refractivity contribution in [1.82, 2.24) is 4.98 Å². The molecule has 0 aliphatic heterocycles. The van der Waals surface area contributed by atoms with Gasteiger partial charge < -0.3 is 10.5 Å². The topological polar surface area (TPSA) is 48.1 Å². The number of ether oxygens (including phenoxy) is 1. The Labute approximate surface area is 118 Å². The van der Waals surface area contributed by atoms with Gasteiger partial charge in [0.2, 0.25) is 0 Å². The van der Waals surface area contributed by atoms with E-state index in [1.807, 2.05) is 26.0 Å². The van der Waals surface area contributed by atoms with Gasteiger partial charge >= 0.3 is 0 Å². The normalized spacial score (nSPS) is 10.6. The molecule has 0 atom stereocenters. The van der Waals surface area contributed by atoms with Crippen molar-refractivity contribution in [3.8, 4) is 5.75 Å². The van der Waals surface area contributed by atoms with E-state index in [1.165, 1.54) is 0 Å². The molecule has 0 aliphatic carbocycles. The summed E-state index contributed by atoms with van der Waals surface area (Å²) in [6.45, 7) is 4.32. The maximum atomic E-state index is 14.0. The Morgan fingerprint density at radius 3 is 2.65 bits per heavy atom. The van der Waals surface area contributed by atoms with Crippen LogP contribution in [0.2, 0.25) is 0 Å². The minimum absolute atomic E-state index is 0.178. The van der Waals surface area contributed by atoms with Crippen molar-refractivity contribution in [2.24, 2.45) is 5.73 Å². The first-order valence-corrected chi connectivity index (χ1v) is 6.71. The molecule has 2 N–H and O–H groups in total. The molecule has 2 rings (SSSR count). The van der Waals surface area contributed by atoms with Gasteiger partial charge in [-0.25, -0.2) is 4.39 Å². The Hall–Kier alpha value is -1.94. The first-order valence-electron chi connectivity index (χ1n) is 6.71. The highest BCUT2D eigenvalue weighted by molar-refractivity contribution is 5.30. The quantitative estimate of drug-likeness (QED) is 0.911. The lowest BCUT2D eigenvalue weighted by Gasteiger charge is -2.12. The van der Waals surface area contributed by atoms with Crippen LogP contribution in [0.4, 0.5) is 4.39 Å². The number of hydrogen-bond acceptors (Lipinski definition) is 3. The minimum atomic E-state index is -0.284. The fraction of sp³-hybridized carbons (Fsp3) is 0.312. The molecule has 0 aliphatic rings. The molecule has 0 fully saturated rings. The number of aromatic nitrogens is 1. The summed E-state index contributed by atoms with van der Waals surface area (Å²) in [7, 11) is 0. The molecule has 1 aromatic heterocycles. The summed E-state index contributed by atoms with van der Waals surface area (Å²) in [5.74, 6) is 0.420. The zero-order chi connectivity index (χ0) is 14.5. The Morgan fingerprint density at radius 2 is 1.95 bits per heavy atom. The van der Waals surface area contributed by atoms with Gasteiger partial charge in [0.25, 0.3) is 0 Å². The molecular weight excluding hydrogens is 255 g/mol. The van der Waals surface area contributed by atoms with E-state index >= 15 is 0 Å². The summed E-state index contributed by atoms with van der Waals surface area (Å²) in [6.07, 6.45) is 0.780. The number of pyridine rings is 1. The Kier molecular flexibility index (Phi) is 4.69. The first-order chi connectivity index (χ1) is 9.65. The molecule has 106 valence electrons. The van der Waals surface area contributed by atoms with Gasteiger partial charge in [-0.3, -0.25) is 4.98 Å². The van der Waals surface area contributed by atoms with Gasteiger partial charge in [0, 0.05) is 23.4 Å². The van der Waals surface area contributed by atoms with Crippen LogP contribution < -0.4 is 10.5 Å². The Bertz CT molecular complexity index is 599. The van der Waals surface area contributed by atoms with E-state index in [0.717, 1.165) is 17.8 Å². The largest absolute Gasteiger partial charge is 0.487 e. The van der Waals surface area contributed by atoms with E-state index in [-0.39, 0.29) is 19.0 Å². The van der Waals surface area contributed by atoms with E-state index in [4.69, 9.17) is 10.5 Å². The molecule has 20 heavy (non-hydrogen) atoms. The second kappa shape index (κ2) is 6.48. The van der Waals surface area contributed by atoms with Crippen molar-refractivity contribution in [1.29, 1.82) is 0 Å². The number of benzene rings is 1. The van der Waals surface area contributed by atoms with Crippen molar-refractivity contribution in [2.75, 3.05) is 0 Å². The molecular formula is C16H19FN2O. The van der Waals surface area contributed by atoms with Gasteiger partial charge in [-0.05, 0) is 25.5 Å². The van der Waals surface area contributed by atoms with Gasteiger partial charge in [-0.15, -0.1) is 0 Å². The number of rotatable bonds is 5. The van der Waals surface area contributed by atoms with Crippen molar-refractivity contribution in [3.05, 3.63) is 58.7 Å². The summed E-state index contributed by atoms with van der Waals surface area (Å²) in [5, 5.41) is 0. The molecule has 0 bridgehead atoms. The minimum Gasteiger partial charge on any atom is -0.487 e. The standard InChI is InChI=1S/C16H19FN2O/c1-3-14-15(8-7-11(2)19-14)20-10-13-6-4-5-12(9-18)16(13)17/h4-8H,3,9-10,18H2,1-2H3. The second-order valence-electron chi connectivity index (χ2n) is 4.63. The zero-order valence-electron chi connectivity index (χ0n) is 11.8. The van der Waals surface area contributed by atoms with Crippen LogP contribution in [0.3, 0.4) is 0 Å². The van der Waals surface area contributed by atoms with Crippen LogP contribution in [0, 0.1) is 12.7 Å². The number of nitrogens with zero attached hydrogens (tertiary/aromatic N) is 1. The molecule has 1 aromatic carbocycles. The molecule has 0 unspecified atom stereocenters. The Morgan fingerprint density at radius 1 is 1.20 bits per heavy atom. The van der Waals surface area contributed by atoms with E-state index in [9.17, 15) is 4.39 Å². The van der Waals surface area contributed by atoms with E-state index in [1.54, 1.807) is 18.2 Å². The Balaban J connectivity index is 2.17. The summed E-state index contributed by atoms with van der Waals surface area (Å²) >= 11 is 0. The lowest BCUT2D eigenvalue weighted by molar-refractivity contribution is 0.294. The van der Waals surface area contributed by atoms with Crippen molar-refractivity contribution in [2.45, 2.75) is 33.4 Å². The summed E-state index contributed by atoms with van der Waals surface area (Å²) < 4.78 is 19.8. The number of aryl methyl sites for hydroxylation is 2. The molecule has 3 nitrogen and oxygen atoms in total. The number of halogens is 1. The number of hydrogen-bond donors (Lipinski definition) is 1. The molecule has 0 saturated heterocycles. The first kappa shape index (κ1) is 14.5. The van der Waals surface area contributed by atoms with Crippen LogP contribution in [-0.4, -0.2) is 4.98 Å². The molecule has 0 spiro atoms. The highest BCUT2D eigenvalue weighted by Crippen LogP contribution is 2.20. The lowest BCUT2D eigenvalue weighted by atomic mass is 10.1. The van der Waals surface area contributed by atoms with Gasteiger partial charge in [0.15, 0.2) is 0 Å². The molecule has 2 aromatic rings. The second-order valence-corrected chi connectivity index (χ2v) is 4.63.